The number of nitrogens with two attached hydrogens (primary N) is 1. The summed E-state index contributed by atoms with van der Waals surface area (Å²) in [5.74, 6) is 0. The van der Waals surface area contributed by atoms with Crippen molar-refractivity contribution in [2.24, 2.45) is 5.73 Å². The number of nitrogens with zero attached hydrogens (tertiary/aromatic N) is 4. The Balaban J connectivity index is 2.59. The van der Waals surface area contributed by atoms with Gasteiger partial charge in [-0.3, -0.25) is 10.1 Å². The Hall–Kier alpha value is -2.28. The minimum Gasteiger partial charge on any atom is -0.325 e. The normalized spacial score (nSPS) is 10.6. The Bertz CT molecular complexity index is 605. The van der Waals surface area contributed by atoms with Gasteiger partial charge in [0.15, 0.2) is 0 Å². The maximum atomic E-state index is 10.8. The van der Waals surface area contributed by atoms with E-state index in [1.54, 1.807) is 10.7 Å². The highest BCUT2D eigenvalue weighted by atomic mass is 16.6. The van der Waals surface area contributed by atoms with Crippen LogP contribution >= 0.6 is 0 Å². The van der Waals surface area contributed by atoms with Crippen LogP contribution in [0.25, 0.3) is 5.69 Å². The highest BCUT2D eigenvalue weighted by Crippen LogP contribution is 2.22. The summed E-state index contributed by atoms with van der Waals surface area (Å²) in [6.45, 7) is 3.99. The second-order valence-corrected chi connectivity index (χ2v) is 3.97. The van der Waals surface area contributed by atoms with E-state index in [4.69, 9.17) is 5.73 Å². The van der Waals surface area contributed by atoms with Crippen LogP contribution in [0.5, 0.6) is 0 Å². The minimum atomic E-state index is -0.432. The van der Waals surface area contributed by atoms with Gasteiger partial charge in [0.25, 0.3) is 5.69 Å². The van der Waals surface area contributed by atoms with Gasteiger partial charge in [0.05, 0.1) is 22.0 Å². The largest absolute Gasteiger partial charge is 0.325 e. The van der Waals surface area contributed by atoms with Crippen LogP contribution in [0.4, 0.5) is 5.69 Å². The van der Waals surface area contributed by atoms with Crippen molar-refractivity contribution in [1.82, 2.24) is 15.0 Å². The Morgan fingerprint density at radius 1 is 1.44 bits per heavy atom. The molecule has 0 aliphatic carbocycles. The standard InChI is InChI=1S/C11H13N5O2/c1-7-3-4-9(16(17)18)5-11(7)15-8(2)10(6-12)13-14-15/h3-5H,6,12H2,1-2H3. The predicted octanol–water partition coefficient (Wildman–Crippen LogP) is 1.25. The van der Waals surface area contributed by atoms with Gasteiger partial charge in [-0.05, 0) is 19.4 Å². The molecular weight excluding hydrogens is 234 g/mol. The fraction of sp³-hybridized carbons (Fsp3) is 0.273. The third kappa shape index (κ3) is 1.95. The summed E-state index contributed by atoms with van der Waals surface area (Å²) in [5.41, 5.74) is 8.57. The summed E-state index contributed by atoms with van der Waals surface area (Å²) in [6.07, 6.45) is 0. The second-order valence-electron chi connectivity index (χ2n) is 3.97. The number of benzene rings is 1. The Labute approximate surface area is 103 Å². The molecule has 0 atom stereocenters. The molecule has 0 aliphatic heterocycles. The number of aromatic nitrogens is 3. The number of hydrogen-bond donors (Lipinski definition) is 1. The maximum Gasteiger partial charge on any atom is 0.271 e. The molecule has 0 amide bonds. The topological polar surface area (TPSA) is 99.9 Å². The Kier molecular flexibility index (Phi) is 3.07. The molecule has 94 valence electrons. The number of nitro benzene ring substituents is 1. The van der Waals surface area contributed by atoms with Crippen molar-refractivity contribution in [3.63, 3.8) is 0 Å². The summed E-state index contributed by atoms with van der Waals surface area (Å²) in [4.78, 5) is 10.4. The molecule has 0 unspecified atom stereocenters. The van der Waals surface area contributed by atoms with Gasteiger partial charge >= 0.3 is 0 Å². The molecule has 0 spiro atoms. The van der Waals surface area contributed by atoms with Gasteiger partial charge in [-0.25, -0.2) is 4.68 Å². The van der Waals surface area contributed by atoms with Gasteiger partial charge in [-0.1, -0.05) is 11.3 Å². The lowest BCUT2D eigenvalue weighted by atomic mass is 10.1. The lowest BCUT2D eigenvalue weighted by molar-refractivity contribution is -0.384. The molecule has 0 fully saturated rings. The minimum absolute atomic E-state index is 0.0276. The van der Waals surface area contributed by atoms with Crippen molar-refractivity contribution < 1.29 is 4.92 Å². The van der Waals surface area contributed by atoms with E-state index in [0.717, 1.165) is 11.3 Å². The third-order valence-electron chi connectivity index (χ3n) is 2.82. The highest BCUT2D eigenvalue weighted by molar-refractivity contribution is 5.49. The SMILES string of the molecule is Cc1ccc([N+](=O)[O-])cc1-n1nnc(CN)c1C. The summed E-state index contributed by atoms with van der Waals surface area (Å²) in [7, 11) is 0. The Morgan fingerprint density at radius 3 is 2.72 bits per heavy atom. The van der Waals surface area contributed by atoms with Crippen LogP contribution in [-0.4, -0.2) is 19.9 Å². The fourth-order valence-corrected chi connectivity index (χ4v) is 1.72. The second kappa shape index (κ2) is 4.53. The zero-order valence-corrected chi connectivity index (χ0v) is 10.1. The van der Waals surface area contributed by atoms with Crippen LogP contribution in [0, 0.1) is 24.0 Å². The van der Waals surface area contributed by atoms with Crippen molar-refractivity contribution >= 4 is 5.69 Å². The predicted molar refractivity (Wildman–Crippen MR) is 65.4 cm³/mol. The van der Waals surface area contributed by atoms with Crippen molar-refractivity contribution in [1.29, 1.82) is 0 Å². The number of rotatable bonds is 3. The van der Waals surface area contributed by atoms with Crippen molar-refractivity contribution in [2.45, 2.75) is 20.4 Å². The number of non-ortho nitro benzene ring substituents is 1. The summed E-state index contributed by atoms with van der Waals surface area (Å²) >= 11 is 0. The van der Waals surface area contributed by atoms with Crippen LogP contribution in [0.1, 0.15) is 17.0 Å². The molecule has 0 bridgehead atoms. The molecule has 7 heteroatoms. The summed E-state index contributed by atoms with van der Waals surface area (Å²) in [6, 6.07) is 4.64. The summed E-state index contributed by atoms with van der Waals surface area (Å²) < 4.78 is 1.57. The maximum absolute atomic E-state index is 10.8. The fourth-order valence-electron chi connectivity index (χ4n) is 1.72. The quantitative estimate of drug-likeness (QED) is 0.649. The molecule has 0 saturated carbocycles. The average Bonchev–Trinajstić information content (AvgIpc) is 2.70. The first-order valence-corrected chi connectivity index (χ1v) is 5.41. The molecule has 0 radical (unpaired) electrons. The number of nitro groups is 1. The summed E-state index contributed by atoms with van der Waals surface area (Å²) in [5, 5.41) is 18.7. The first-order chi connectivity index (χ1) is 8.54. The van der Waals surface area contributed by atoms with Gasteiger partial charge in [0, 0.05) is 18.7 Å². The van der Waals surface area contributed by atoms with Gasteiger partial charge in [-0.2, -0.15) is 0 Å². The van der Waals surface area contributed by atoms with Crippen molar-refractivity contribution in [2.75, 3.05) is 0 Å². The molecule has 1 heterocycles. The van der Waals surface area contributed by atoms with Crippen LogP contribution in [0.2, 0.25) is 0 Å². The van der Waals surface area contributed by atoms with Crippen molar-refractivity contribution in [3.8, 4) is 5.69 Å². The first kappa shape index (κ1) is 12.2. The molecular formula is C11H13N5O2. The van der Waals surface area contributed by atoms with Crippen LogP contribution in [0.3, 0.4) is 0 Å². The Morgan fingerprint density at radius 2 is 2.17 bits per heavy atom. The van der Waals surface area contributed by atoms with Gasteiger partial charge in [0.2, 0.25) is 0 Å². The highest BCUT2D eigenvalue weighted by Gasteiger charge is 2.14. The van der Waals surface area contributed by atoms with E-state index in [2.05, 4.69) is 10.3 Å². The van der Waals surface area contributed by atoms with E-state index < -0.39 is 4.92 Å². The third-order valence-corrected chi connectivity index (χ3v) is 2.82. The van der Waals surface area contributed by atoms with E-state index >= 15 is 0 Å². The van der Waals surface area contributed by atoms with Crippen LogP contribution in [0.15, 0.2) is 18.2 Å². The average molecular weight is 247 g/mol. The lowest BCUT2D eigenvalue weighted by Gasteiger charge is -2.07. The number of aryl methyl sites for hydroxylation is 1. The van der Waals surface area contributed by atoms with E-state index in [9.17, 15) is 10.1 Å². The van der Waals surface area contributed by atoms with Crippen LogP contribution < -0.4 is 5.73 Å². The zero-order valence-electron chi connectivity index (χ0n) is 10.1. The van der Waals surface area contributed by atoms with E-state index in [1.807, 2.05) is 13.8 Å². The van der Waals surface area contributed by atoms with Gasteiger partial charge in [0.1, 0.15) is 0 Å². The monoisotopic (exact) mass is 247 g/mol. The zero-order chi connectivity index (χ0) is 13.3. The molecule has 2 aromatic rings. The van der Waals surface area contributed by atoms with Crippen molar-refractivity contribution in [3.05, 3.63) is 45.3 Å². The molecule has 1 aromatic carbocycles. The van der Waals surface area contributed by atoms with Crippen LogP contribution in [-0.2, 0) is 6.54 Å². The smallest absolute Gasteiger partial charge is 0.271 e. The number of hydrogen-bond acceptors (Lipinski definition) is 5. The molecule has 2 rings (SSSR count). The van der Waals surface area contributed by atoms with Gasteiger partial charge in [-0.15, -0.1) is 5.10 Å². The van der Waals surface area contributed by atoms with E-state index in [1.165, 1.54) is 12.1 Å². The molecule has 7 nitrogen and oxygen atoms in total. The molecule has 1 aromatic heterocycles. The molecule has 2 N–H and O–H groups in total. The molecule has 18 heavy (non-hydrogen) atoms. The molecule has 0 aliphatic rings. The molecule has 0 saturated heterocycles. The first-order valence-electron chi connectivity index (χ1n) is 5.41. The van der Waals surface area contributed by atoms with E-state index in [-0.39, 0.29) is 5.69 Å². The lowest BCUT2D eigenvalue weighted by Crippen LogP contribution is -2.04. The van der Waals surface area contributed by atoms with E-state index in [0.29, 0.717) is 17.9 Å². The van der Waals surface area contributed by atoms with Gasteiger partial charge < -0.3 is 5.73 Å².